The lowest BCUT2D eigenvalue weighted by Gasteiger charge is -2.14. The second kappa shape index (κ2) is 8.07. The van der Waals surface area contributed by atoms with E-state index in [0.717, 1.165) is 0 Å². The molecule has 5 nitrogen and oxygen atoms in total. The molecule has 1 aromatic heterocycles. The van der Waals surface area contributed by atoms with Crippen LogP contribution in [0, 0.1) is 0 Å². The molecule has 2 N–H and O–H groups in total. The highest BCUT2D eigenvalue weighted by Gasteiger charge is 2.32. The van der Waals surface area contributed by atoms with Gasteiger partial charge in [-0.1, -0.05) is 0 Å². The van der Waals surface area contributed by atoms with Crippen molar-refractivity contribution in [2.45, 2.75) is 19.8 Å². The van der Waals surface area contributed by atoms with Gasteiger partial charge in [-0.2, -0.15) is 5.10 Å². The van der Waals surface area contributed by atoms with E-state index in [-0.39, 0.29) is 23.7 Å². The van der Waals surface area contributed by atoms with Crippen LogP contribution >= 0.6 is 12.4 Å². The minimum absolute atomic E-state index is 0. The molecule has 0 unspecified atom stereocenters. The Hall–Kier alpha value is -1.93. The molecule has 9 heteroatoms. The van der Waals surface area contributed by atoms with Crippen molar-refractivity contribution in [1.29, 1.82) is 0 Å². The van der Waals surface area contributed by atoms with Crippen molar-refractivity contribution >= 4 is 12.4 Å². The summed E-state index contributed by atoms with van der Waals surface area (Å²) in [6.07, 6.45) is -1.69. The molecule has 128 valence electrons. The number of ether oxygens (including phenoxy) is 2. The van der Waals surface area contributed by atoms with E-state index >= 15 is 0 Å². The lowest BCUT2D eigenvalue weighted by atomic mass is 10.1. The summed E-state index contributed by atoms with van der Waals surface area (Å²) in [4.78, 5) is 0. The third kappa shape index (κ3) is 5.33. The number of hydrogen-bond donors (Lipinski definition) is 1. The van der Waals surface area contributed by atoms with Crippen LogP contribution in [0.25, 0.3) is 11.1 Å². The van der Waals surface area contributed by atoms with Crippen LogP contribution in [-0.4, -0.2) is 29.3 Å². The molecule has 1 heterocycles. The number of aromatic nitrogens is 2. The number of rotatable bonds is 6. The second-order valence-corrected chi connectivity index (χ2v) is 4.42. The molecule has 0 radical (unpaired) electrons. The number of nitrogens with zero attached hydrogens (tertiary/aromatic N) is 2. The molecule has 0 aliphatic heterocycles. The van der Waals surface area contributed by atoms with E-state index in [2.05, 4.69) is 9.84 Å². The Labute approximate surface area is 137 Å². The molecule has 0 atom stereocenters. The number of halogens is 4. The molecule has 23 heavy (non-hydrogen) atoms. The summed E-state index contributed by atoms with van der Waals surface area (Å²) >= 11 is 0. The van der Waals surface area contributed by atoms with Crippen LogP contribution in [0.3, 0.4) is 0 Å². The van der Waals surface area contributed by atoms with Gasteiger partial charge in [-0.15, -0.1) is 25.6 Å². The van der Waals surface area contributed by atoms with Gasteiger partial charge in [-0.05, 0) is 25.1 Å². The standard InChI is InChI=1S/C14H16F3N3O2.ClH/c1-2-21-11-3-4-13(22-14(15,16)17)12(7-11)10-8-19-20(9-10)6-5-18;/h3-4,7-9H,2,5-6,18H2,1H3;1H. The lowest BCUT2D eigenvalue weighted by Crippen LogP contribution is -2.17. The maximum absolute atomic E-state index is 12.5. The maximum Gasteiger partial charge on any atom is 0.573 e. The van der Waals surface area contributed by atoms with Crippen LogP contribution in [0.5, 0.6) is 11.5 Å². The summed E-state index contributed by atoms with van der Waals surface area (Å²) in [5.74, 6) is 0.154. The molecule has 0 bridgehead atoms. The van der Waals surface area contributed by atoms with Gasteiger partial charge in [0.1, 0.15) is 11.5 Å². The molecule has 2 rings (SSSR count). The zero-order valence-electron chi connectivity index (χ0n) is 12.3. The summed E-state index contributed by atoms with van der Waals surface area (Å²) in [6.45, 7) is 3.05. The fourth-order valence-electron chi connectivity index (χ4n) is 1.96. The number of hydrogen-bond acceptors (Lipinski definition) is 4. The van der Waals surface area contributed by atoms with E-state index in [1.807, 2.05) is 0 Å². The first kappa shape index (κ1) is 19.1. The van der Waals surface area contributed by atoms with E-state index in [4.69, 9.17) is 10.5 Å². The van der Waals surface area contributed by atoms with E-state index in [9.17, 15) is 13.2 Å². The first-order valence-electron chi connectivity index (χ1n) is 6.68. The van der Waals surface area contributed by atoms with E-state index < -0.39 is 6.36 Å². The predicted octanol–water partition coefficient (Wildman–Crippen LogP) is 3.23. The molecule has 2 aromatic rings. The highest BCUT2D eigenvalue weighted by molar-refractivity contribution is 5.85. The van der Waals surface area contributed by atoms with Gasteiger partial charge in [-0.3, -0.25) is 4.68 Å². The lowest BCUT2D eigenvalue weighted by molar-refractivity contribution is -0.274. The van der Waals surface area contributed by atoms with Crippen molar-refractivity contribution in [2.75, 3.05) is 13.2 Å². The minimum atomic E-state index is -4.77. The summed E-state index contributed by atoms with van der Waals surface area (Å²) in [5.41, 5.74) is 6.18. The largest absolute Gasteiger partial charge is 0.573 e. The van der Waals surface area contributed by atoms with E-state index in [1.165, 1.54) is 24.4 Å². The smallest absolute Gasteiger partial charge is 0.494 e. The molecular formula is C14H17ClF3N3O2. The molecule has 0 saturated heterocycles. The van der Waals surface area contributed by atoms with Gasteiger partial charge >= 0.3 is 6.36 Å². The Morgan fingerprint density at radius 2 is 2.04 bits per heavy atom. The van der Waals surface area contributed by atoms with Crippen LogP contribution in [0.1, 0.15) is 6.92 Å². The van der Waals surface area contributed by atoms with Crippen LogP contribution in [0.15, 0.2) is 30.6 Å². The number of nitrogens with two attached hydrogens (primary N) is 1. The quantitative estimate of drug-likeness (QED) is 0.868. The van der Waals surface area contributed by atoms with Crippen LogP contribution in [0.4, 0.5) is 13.2 Å². The minimum Gasteiger partial charge on any atom is -0.494 e. The number of alkyl halides is 3. The first-order valence-corrected chi connectivity index (χ1v) is 6.68. The Balaban J connectivity index is 0.00000264. The topological polar surface area (TPSA) is 62.3 Å². The molecular weight excluding hydrogens is 335 g/mol. The van der Waals surface area contributed by atoms with Crippen molar-refractivity contribution in [3.8, 4) is 22.6 Å². The molecule has 0 amide bonds. The van der Waals surface area contributed by atoms with Gasteiger partial charge in [0.05, 0.1) is 19.3 Å². The molecule has 0 saturated carbocycles. The molecule has 1 aromatic carbocycles. The van der Waals surface area contributed by atoms with Gasteiger partial charge in [0.25, 0.3) is 0 Å². The van der Waals surface area contributed by atoms with Gasteiger partial charge in [0.2, 0.25) is 0 Å². The molecule has 0 fully saturated rings. The summed E-state index contributed by atoms with van der Waals surface area (Å²) < 4.78 is 48.5. The van der Waals surface area contributed by atoms with Crippen molar-refractivity contribution < 1.29 is 22.6 Å². The van der Waals surface area contributed by atoms with Crippen LogP contribution in [0.2, 0.25) is 0 Å². The molecule has 0 spiro atoms. The zero-order chi connectivity index (χ0) is 16.2. The summed E-state index contributed by atoms with van der Waals surface area (Å²) in [5, 5.41) is 4.05. The van der Waals surface area contributed by atoms with Gasteiger partial charge in [-0.25, -0.2) is 0 Å². The van der Waals surface area contributed by atoms with Gasteiger partial charge in [0.15, 0.2) is 0 Å². The Morgan fingerprint density at radius 3 is 2.65 bits per heavy atom. The highest BCUT2D eigenvalue weighted by atomic mass is 35.5. The predicted molar refractivity (Wildman–Crippen MR) is 81.8 cm³/mol. The third-order valence-electron chi connectivity index (χ3n) is 2.79. The van der Waals surface area contributed by atoms with Crippen molar-refractivity contribution in [1.82, 2.24) is 9.78 Å². The summed E-state index contributed by atoms with van der Waals surface area (Å²) in [7, 11) is 0. The molecule has 0 aliphatic carbocycles. The Morgan fingerprint density at radius 1 is 1.30 bits per heavy atom. The first-order chi connectivity index (χ1) is 10.4. The van der Waals surface area contributed by atoms with Gasteiger partial charge < -0.3 is 15.2 Å². The fourth-order valence-corrected chi connectivity index (χ4v) is 1.96. The Bertz CT molecular complexity index is 632. The van der Waals surface area contributed by atoms with E-state index in [0.29, 0.717) is 31.0 Å². The summed E-state index contributed by atoms with van der Waals surface area (Å²) in [6, 6.07) is 4.15. The van der Waals surface area contributed by atoms with Gasteiger partial charge in [0, 0.05) is 23.9 Å². The van der Waals surface area contributed by atoms with Crippen molar-refractivity contribution in [2.24, 2.45) is 5.73 Å². The zero-order valence-corrected chi connectivity index (χ0v) is 13.2. The Kier molecular flexibility index (Phi) is 6.71. The van der Waals surface area contributed by atoms with Crippen molar-refractivity contribution in [3.05, 3.63) is 30.6 Å². The van der Waals surface area contributed by atoms with Crippen molar-refractivity contribution in [3.63, 3.8) is 0 Å². The van der Waals surface area contributed by atoms with E-state index in [1.54, 1.807) is 17.8 Å². The second-order valence-electron chi connectivity index (χ2n) is 4.42. The highest BCUT2D eigenvalue weighted by Crippen LogP contribution is 2.36. The average molecular weight is 352 g/mol. The maximum atomic E-state index is 12.5. The van der Waals surface area contributed by atoms with Crippen LogP contribution in [-0.2, 0) is 6.54 Å². The molecule has 0 aliphatic rings. The fraction of sp³-hybridized carbons (Fsp3) is 0.357. The van der Waals surface area contributed by atoms with Crippen LogP contribution < -0.4 is 15.2 Å². The third-order valence-corrected chi connectivity index (χ3v) is 2.79. The monoisotopic (exact) mass is 351 g/mol. The SMILES string of the molecule is CCOc1ccc(OC(F)(F)F)c(-c2cnn(CCN)c2)c1.Cl. The average Bonchev–Trinajstić information content (AvgIpc) is 2.88. The number of benzene rings is 1. The normalized spacial score (nSPS) is 11.0.